The van der Waals surface area contributed by atoms with E-state index in [-0.39, 0.29) is 0 Å². The van der Waals surface area contributed by atoms with E-state index in [1.165, 1.54) is 42.4 Å². The first-order chi connectivity index (χ1) is 13.1. The molecule has 2 heteroatoms. The van der Waals surface area contributed by atoms with Gasteiger partial charge in [-0.1, -0.05) is 101 Å². The van der Waals surface area contributed by atoms with E-state index in [1.54, 1.807) is 0 Å². The lowest BCUT2D eigenvalue weighted by Crippen LogP contribution is -2.25. The lowest BCUT2D eigenvalue weighted by atomic mass is 10.00. The lowest BCUT2D eigenvalue weighted by Gasteiger charge is -2.24. The topological polar surface area (TPSA) is 3.24 Å². The Labute approximate surface area is 172 Å². The quantitative estimate of drug-likeness (QED) is 0.400. The van der Waals surface area contributed by atoms with Crippen molar-refractivity contribution in [2.75, 3.05) is 6.54 Å². The molecule has 2 aromatic rings. The monoisotopic (exact) mass is 387 g/mol. The summed E-state index contributed by atoms with van der Waals surface area (Å²) in [6.07, 6.45) is 5.24. The van der Waals surface area contributed by atoms with E-state index in [9.17, 15) is 0 Å². The van der Waals surface area contributed by atoms with E-state index in [1.807, 2.05) is 26.0 Å². The molecule has 0 aliphatic rings. The second-order valence-corrected chi connectivity index (χ2v) is 7.80. The first-order valence-electron chi connectivity index (χ1n) is 10.6. The number of nitrogens with zero attached hydrogens (tertiary/aromatic N) is 1. The molecule has 0 N–H and O–H groups in total. The van der Waals surface area contributed by atoms with Crippen LogP contribution in [0.4, 0.5) is 0 Å². The van der Waals surface area contributed by atoms with Gasteiger partial charge in [-0.3, -0.25) is 4.90 Å². The van der Waals surface area contributed by atoms with Crippen molar-refractivity contribution in [3.63, 3.8) is 0 Å². The van der Waals surface area contributed by atoms with Crippen LogP contribution in [0.3, 0.4) is 0 Å². The highest BCUT2D eigenvalue weighted by atomic mass is 35.5. The molecule has 0 bridgehead atoms. The number of hydrogen-bond donors (Lipinski definition) is 0. The van der Waals surface area contributed by atoms with Gasteiger partial charge in [-0.05, 0) is 49.1 Å². The van der Waals surface area contributed by atoms with E-state index in [2.05, 4.69) is 62.1 Å². The van der Waals surface area contributed by atoms with Crippen LogP contribution in [0.25, 0.3) is 0 Å². The molecule has 0 aromatic heterocycles. The summed E-state index contributed by atoms with van der Waals surface area (Å²) in [6, 6.07) is 17.2. The van der Waals surface area contributed by atoms with Crippen LogP contribution in [-0.4, -0.2) is 11.4 Å². The number of aryl methyl sites for hydroxylation is 1. The second-order valence-electron chi connectivity index (χ2n) is 7.36. The first kappa shape index (κ1) is 23.7. The second kappa shape index (κ2) is 13.8. The van der Waals surface area contributed by atoms with Crippen molar-refractivity contribution in [2.24, 2.45) is 5.92 Å². The summed E-state index contributed by atoms with van der Waals surface area (Å²) in [7, 11) is 0. The van der Waals surface area contributed by atoms with Crippen LogP contribution in [0, 0.1) is 12.8 Å². The SMILES string of the molecule is CC.CCCCC(C)CCN(Cc1ccc(C)cc1)Cc1ccc(Cl)cc1. The molecule has 0 heterocycles. The van der Waals surface area contributed by atoms with Gasteiger partial charge in [0.1, 0.15) is 0 Å². The van der Waals surface area contributed by atoms with Crippen LogP contribution in [0.5, 0.6) is 0 Å². The third-order valence-corrected chi connectivity index (χ3v) is 5.09. The Morgan fingerprint density at radius 1 is 0.852 bits per heavy atom. The molecule has 1 unspecified atom stereocenters. The Morgan fingerprint density at radius 2 is 1.37 bits per heavy atom. The zero-order chi connectivity index (χ0) is 20.1. The van der Waals surface area contributed by atoms with Gasteiger partial charge in [-0.25, -0.2) is 0 Å². The molecule has 0 aliphatic carbocycles. The fourth-order valence-electron chi connectivity index (χ4n) is 3.11. The third-order valence-electron chi connectivity index (χ3n) is 4.83. The summed E-state index contributed by atoms with van der Waals surface area (Å²) < 4.78 is 0. The van der Waals surface area contributed by atoms with Gasteiger partial charge in [0, 0.05) is 18.1 Å². The fourth-order valence-corrected chi connectivity index (χ4v) is 3.24. The molecule has 0 radical (unpaired) electrons. The molecule has 0 saturated heterocycles. The van der Waals surface area contributed by atoms with E-state index >= 15 is 0 Å². The predicted octanol–water partition coefficient (Wildman–Crippen LogP) is 7.89. The number of hydrogen-bond acceptors (Lipinski definition) is 1. The van der Waals surface area contributed by atoms with Gasteiger partial charge in [-0.2, -0.15) is 0 Å². The number of unbranched alkanes of at least 4 members (excludes halogenated alkanes) is 1. The van der Waals surface area contributed by atoms with Crippen LogP contribution < -0.4 is 0 Å². The maximum absolute atomic E-state index is 6.03. The Hall–Kier alpha value is -1.31. The summed E-state index contributed by atoms with van der Waals surface area (Å²) in [6.45, 7) is 13.9. The summed E-state index contributed by atoms with van der Waals surface area (Å²) in [5.41, 5.74) is 4.04. The molecular weight excluding hydrogens is 350 g/mol. The van der Waals surface area contributed by atoms with Crippen molar-refractivity contribution in [1.29, 1.82) is 0 Å². The molecular formula is C25H38ClN. The highest BCUT2D eigenvalue weighted by Crippen LogP contribution is 2.17. The normalized spacial score (nSPS) is 11.8. The number of rotatable bonds is 10. The maximum Gasteiger partial charge on any atom is 0.0406 e. The van der Waals surface area contributed by atoms with Gasteiger partial charge in [0.2, 0.25) is 0 Å². The molecule has 27 heavy (non-hydrogen) atoms. The molecule has 0 saturated carbocycles. The minimum atomic E-state index is 0.797. The van der Waals surface area contributed by atoms with E-state index in [4.69, 9.17) is 11.6 Å². The van der Waals surface area contributed by atoms with Crippen LogP contribution >= 0.6 is 11.6 Å². The average Bonchev–Trinajstić information content (AvgIpc) is 2.69. The van der Waals surface area contributed by atoms with E-state index < -0.39 is 0 Å². The van der Waals surface area contributed by atoms with Gasteiger partial charge in [0.05, 0.1) is 0 Å². The minimum Gasteiger partial charge on any atom is -0.295 e. The predicted molar refractivity (Wildman–Crippen MR) is 121 cm³/mol. The molecule has 0 fully saturated rings. The molecule has 2 rings (SSSR count). The Balaban J connectivity index is 0.00000176. The molecule has 0 amide bonds. The van der Waals surface area contributed by atoms with Gasteiger partial charge in [-0.15, -0.1) is 0 Å². The van der Waals surface area contributed by atoms with Crippen LogP contribution in [0.2, 0.25) is 5.02 Å². The zero-order valence-electron chi connectivity index (χ0n) is 18.0. The summed E-state index contributed by atoms with van der Waals surface area (Å²) >= 11 is 6.03. The first-order valence-corrected chi connectivity index (χ1v) is 11.0. The Bertz CT molecular complexity index is 556. The van der Waals surface area contributed by atoms with Gasteiger partial charge in [0.15, 0.2) is 0 Å². The molecule has 0 spiro atoms. The molecule has 2 aromatic carbocycles. The van der Waals surface area contributed by atoms with Gasteiger partial charge < -0.3 is 0 Å². The van der Waals surface area contributed by atoms with Crippen molar-refractivity contribution in [3.8, 4) is 0 Å². The van der Waals surface area contributed by atoms with Crippen molar-refractivity contribution in [3.05, 3.63) is 70.2 Å². The van der Waals surface area contributed by atoms with Gasteiger partial charge >= 0.3 is 0 Å². The lowest BCUT2D eigenvalue weighted by molar-refractivity contribution is 0.235. The largest absolute Gasteiger partial charge is 0.295 e. The number of benzene rings is 2. The molecule has 150 valence electrons. The van der Waals surface area contributed by atoms with Crippen LogP contribution in [0.1, 0.15) is 70.1 Å². The Kier molecular flexibility index (Phi) is 12.1. The van der Waals surface area contributed by atoms with Crippen LogP contribution in [0.15, 0.2) is 48.5 Å². The van der Waals surface area contributed by atoms with Gasteiger partial charge in [0.25, 0.3) is 0 Å². The van der Waals surface area contributed by atoms with E-state index in [0.717, 1.165) is 30.6 Å². The molecule has 0 aliphatic heterocycles. The van der Waals surface area contributed by atoms with Crippen molar-refractivity contribution in [2.45, 2.75) is 73.4 Å². The fraction of sp³-hybridized carbons (Fsp3) is 0.520. The minimum absolute atomic E-state index is 0.797. The maximum atomic E-state index is 6.03. The van der Waals surface area contributed by atoms with Crippen molar-refractivity contribution < 1.29 is 0 Å². The number of halogens is 1. The summed E-state index contributed by atoms with van der Waals surface area (Å²) in [5, 5.41) is 0.807. The highest BCUT2D eigenvalue weighted by Gasteiger charge is 2.10. The molecule has 1 nitrogen and oxygen atoms in total. The standard InChI is InChI=1S/C23H32ClN.C2H6/c1-4-5-6-19(2)15-16-25(17-21-9-7-20(3)8-10-21)18-22-11-13-23(24)14-12-22;1-2/h7-14,19H,4-6,15-18H2,1-3H3;1-2H3. The van der Waals surface area contributed by atoms with Crippen molar-refractivity contribution >= 4 is 11.6 Å². The van der Waals surface area contributed by atoms with Crippen LogP contribution in [-0.2, 0) is 13.1 Å². The molecule has 1 atom stereocenters. The summed E-state index contributed by atoms with van der Waals surface area (Å²) in [4.78, 5) is 2.57. The Morgan fingerprint density at radius 3 is 1.89 bits per heavy atom. The third kappa shape index (κ3) is 9.98. The smallest absolute Gasteiger partial charge is 0.0406 e. The average molecular weight is 388 g/mol. The highest BCUT2D eigenvalue weighted by molar-refractivity contribution is 6.30. The van der Waals surface area contributed by atoms with Crippen molar-refractivity contribution in [1.82, 2.24) is 4.90 Å². The summed E-state index contributed by atoms with van der Waals surface area (Å²) in [5.74, 6) is 0.797. The van der Waals surface area contributed by atoms with E-state index in [0.29, 0.717) is 0 Å². The zero-order valence-corrected chi connectivity index (χ0v) is 18.7.